The third-order valence-corrected chi connectivity index (χ3v) is 4.69. The number of nitrogens with zero attached hydrogens (tertiary/aromatic N) is 4. The van der Waals surface area contributed by atoms with E-state index in [9.17, 15) is 23.2 Å². The zero-order valence-corrected chi connectivity index (χ0v) is 19.9. The summed E-state index contributed by atoms with van der Waals surface area (Å²) >= 11 is 0. The molecule has 1 atom stereocenters. The first-order chi connectivity index (χ1) is 14.2. The number of halogens is 4. The fraction of sp³-hybridized carbons (Fsp3) is 0.550. The average molecular weight is 552 g/mol. The number of nitriles is 1. The van der Waals surface area contributed by atoms with Crippen LogP contribution in [0.2, 0.25) is 0 Å². The molecule has 2 N–H and O–H groups in total. The Bertz CT molecular complexity index is 796. The van der Waals surface area contributed by atoms with E-state index in [-0.39, 0.29) is 36.6 Å². The van der Waals surface area contributed by atoms with E-state index in [2.05, 4.69) is 26.6 Å². The van der Waals surface area contributed by atoms with Gasteiger partial charge in [0.15, 0.2) is 5.96 Å². The second kappa shape index (κ2) is 12.6. The zero-order valence-electron chi connectivity index (χ0n) is 17.6. The lowest BCUT2D eigenvalue weighted by Gasteiger charge is -2.35. The molecule has 2 rings (SSSR count). The van der Waals surface area contributed by atoms with Crippen LogP contribution in [-0.4, -0.2) is 68.8 Å². The third kappa shape index (κ3) is 8.80. The van der Waals surface area contributed by atoms with Crippen molar-refractivity contribution >= 4 is 41.5 Å². The Morgan fingerprint density at radius 3 is 2.74 bits per heavy atom. The number of nitrogens with one attached hydrogen (secondary N) is 2. The molecule has 1 aromatic carbocycles. The predicted molar refractivity (Wildman–Crippen MR) is 125 cm³/mol. The highest BCUT2D eigenvalue weighted by atomic mass is 127. The number of rotatable bonds is 6. The number of likely N-dealkylation sites (N-methyl/N-ethyl adjacent to an activating group) is 1. The molecule has 1 aliphatic heterocycles. The van der Waals surface area contributed by atoms with E-state index in [4.69, 9.17) is 0 Å². The number of para-hydroxylation sites is 1. The van der Waals surface area contributed by atoms with Crippen molar-refractivity contribution in [3.63, 3.8) is 0 Å². The number of hydrogen-bond donors (Lipinski definition) is 2. The molecule has 1 unspecified atom stereocenters. The van der Waals surface area contributed by atoms with Gasteiger partial charge in [-0.25, -0.2) is 4.99 Å². The van der Waals surface area contributed by atoms with Crippen LogP contribution in [0.15, 0.2) is 29.3 Å². The highest BCUT2D eigenvalue weighted by Crippen LogP contribution is 2.23. The summed E-state index contributed by atoms with van der Waals surface area (Å²) in [5.41, 5.74) is 1.48. The molecule has 0 saturated carbocycles. The summed E-state index contributed by atoms with van der Waals surface area (Å²) in [5.74, 6) is -0.329. The molecule has 1 heterocycles. The highest BCUT2D eigenvalue weighted by Gasteiger charge is 2.31. The normalized spacial score (nSPS) is 16.7. The van der Waals surface area contributed by atoms with Gasteiger partial charge in [-0.2, -0.15) is 18.4 Å². The van der Waals surface area contributed by atoms with Gasteiger partial charge in [0.1, 0.15) is 19.2 Å². The molecule has 1 fully saturated rings. The molecular weight excluding hydrogens is 524 g/mol. The number of alkyl halides is 3. The Morgan fingerprint density at radius 2 is 2.10 bits per heavy atom. The van der Waals surface area contributed by atoms with Crippen LogP contribution in [0.3, 0.4) is 0 Å². The van der Waals surface area contributed by atoms with Crippen LogP contribution in [0.4, 0.5) is 18.9 Å². The van der Waals surface area contributed by atoms with Crippen molar-refractivity contribution in [2.75, 3.05) is 44.7 Å². The minimum absolute atomic E-state index is 0. The summed E-state index contributed by atoms with van der Waals surface area (Å²) in [5, 5.41) is 15.6. The first-order valence-electron chi connectivity index (χ1n) is 9.83. The summed E-state index contributed by atoms with van der Waals surface area (Å²) in [6.07, 6.45) is -2.66. The van der Waals surface area contributed by atoms with Gasteiger partial charge in [0.2, 0.25) is 5.91 Å². The van der Waals surface area contributed by atoms with E-state index in [0.717, 1.165) is 32.1 Å². The summed E-state index contributed by atoms with van der Waals surface area (Å²) in [6, 6.07) is 9.63. The molecule has 1 saturated heterocycles. The standard InChI is InChI=1S/C20H27F3N6O.HI/c1-3-25-19(26-12-18(30)28(2)14-20(21,22)23)27-16-8-6-10-29(13-16)17-9-5-4-7-15(17)11-24;/h4-5,7,9,16H,3,6,8,10,12-14H2,1-2H3,(H2,25,26,27);1H. The summed E-state index contributed by atoms with van der Waals surface area (Å²) in [4.78, 5) is 18.9. The van der Waals surface area contributed by atoms with Crippen LogP contribution in [0.25, 0.3) is 0 Å². The first kappa shape index (κ1) is 26.8. The van der Waals surface area contributed by atoms with Gasteiger partial charge in [-0.3, -0.25) is 4.79 Å². The Kier molecular flexibility index (Phi) is 10.9. The molecule has 0 bridgehead atoms. The van der Waals surface area contributed by atoms with Gasteiger partial charge >= 0.3 is 6.18 Å². The Morgan fingerprint density at radius 1 is 1.39 bits per heavy atom. The van der Waals surface area contributed by atoms with Gasteiger partial charge < -0.3 is 20.4 Å². The van der Waals surface area contributed by atoms with Crippen LogP contribution in [-0.2, 0) is 4.79 Å². The quantitative estimate of drug-likeness (QED) is 0.322. The Balaban J connectivity index is 0.00000480. The van der Waals surface area contributed by atoms with E-state index in [0.29, 0.717) is 29.5 Å². The molecule has 0 spiro atoms. The molecule has 11 heteroatoms. The lowest BCUT2D eigenvalue weighted by atomic mass is 10.0. The second-order valence-corrected chi connectivity index (χ2v) is 7.12. The van der Waals surface area contributed by atoms with Crippen LogP contribution in [0.5, 0.6) is 0 Å². The lowest BCUT2D eigenvalue weighted by Crippen LogP contribution is -2.51. The Hall–Kier alpha value is -2.23. The smallest absolute Gasteiger partial charge is 0.368 e. The number of amides is 1. The van der Waals surface area contributed by atoms with Gasteiger partial charge in [-0.15, -0.1) is 24.0 Å². The largest absolute Gasteiger partial charge is 0.406 e. The van der Waals surface area contributed by atoms with Crippen molar-refractivity contribution < 1.29 is 18.0 Å². The van der Waals surface area contributed by atoms with Gasteiger partial charge in [0, 0.05) is 32.7 Å². The van der Waals surface area contributed by atoms with Crippen molar-refractivity contribution in [1.29, 1.82) is 5.26 Å². The zero-order chi connectivity index (χ0) is 22.1. The van der Waals surface area contributed by atoms with Crippen molar-refractivity contribution in [3.05, 3.63) is 29.8 Å². The summed E-state index contributed by atoms with van der Waals surface area (Å²) in [6.45, 7) is 2.20. The van der Waals surface area contributed by atoms with Gasteiger partial charge in [0.05, 0.1) is 11.3 Å². The molecule has 7 nitrogen and oxygen atoms in total. The monoisotopic (exact) mass is 552 g/mol. The lowest BCUT2D eigenvalue weighted by molar-refractivity contribution is -0.157. The molecule has 0 radical (unpaired) electrons. The molecule has 1 aliphatic rings. The summed E-state index contributed by atoms with van der Waals surface area (Å²) in [7, 11) is 1.11. The number of guanidine groups is 1. The molecule has 0 aliphatic carbocycles. The number of aliphatic imine (C=N–C) groups is 1. The minimum atomic E-state index is -4.44. The maximum absolute atomic E-state index is 12.4. The topological polar surface area (TPSA) is 83.8 Å². The number of hydrogen-bond acceptors (Lipinski definition) is 4. The number of anilines is 1. The van der Waals surface area contributed by atoms with Crippen molar-refractivity contribution in [1.82, 2.24) is 15.5 Å². The van der Waals surface area contributed by atoms with E-state index >= 15 is 0 Å². The van der Waals surface area contributed by atoms with E-state index in [1.54, 1.807) is 6.07 Å². The number of benzene rings is 1. The number of carbonyl (C=O) groups excluding carboxylic acids is 1. The number of piperidine rings is 1. The number of carbonyl (C=O) groups is 1. The second-order valence-electron chi connectivity index (χ2n) is 7.12. The van der Waals surface area contributed by atoms with E-state index in [1.807, 2.05) is 25.1 Å². The van der Waals surface area contributed by atoms with E-state index in [1.165, 1.54) is 0 Å². The minimum Gasteiger partial charge on any atom is -0.368 e. The van der Waals surface area contributed by atoms with Gasteiger partial charge in [0.25, 0.3) is 0 Å². The highest BCUT2D eigenvalue weighted by molar-refractivity contribution is 14.0. The van der Waals surface area contributed by atoms with Crippen LogP contribution in [0, 0.1) is 11.3 Å². The molecule has 1 aromatic rings. The fourth-order valence-electron chi connectivity index (χ4n) is 3.30. The molecular formula is C20H28F3IN6O. The van der Waals surface area contributed by atoms with Crippen molar-refractivity contribution in [2.45, 2.75) is 32.0 Å². The summed E-state index contributed by atoms with van der Waals surface area (Å²) < 4.78 is 37.3. The SMILES string of the molecule is CCNC(=NCC(=O)N(C)CC(F)(F)F)NC1CCCN(c2ccccc2C#N)C1.I. The maximum Gasteiger partial charge on any atom is 0.406 e. The Labute approximate surface area is 197 Å². The molecule has 31 heavy (non-hydrogen) atoms. The molecule has 0 aromatic heterocycles. The van der Waals surface area contributed by atoms with Crippen LogP contribution in [0.1, 0.15) is 25.3 Å². The van der Waals surface area contributed by atoms with Crippen molar-refractivity contribution in [2.24, 2.45) is 4.99 Å². The third-order valence-electron chi connectivity index (χ3n) is 4.69. The van der Waals surface area contributed by atoms with Crippen molar-refractivity contribution in [3.8, 4) is 6.07 Å². The average Bonchev–Trinajstić information content (AvgIpc) is 2.70. The van der Waals surface area contributed by atoms with Crippen LogP contribution < -0.4 is 15.5 Å². The van der Waals surface area contributed by atoms with Gasteiger partial charge in [-0.1, -0.05) is 12.1 Å². The first-order valence-corrected chi connectivity index (χ1v) is 9.83. The predicted octanol–water partition coefficient (Wildman–Crippen LogP) is 2.72. The van der Waals surface area contributed by atoms with Crippen LogP contribution >= 0.6 is 24.0 Å². The molecule has 1 amide bonds. The maximum atomic E-state index is 12.4. The molecule has 172 valence electrons. The van der Waals surface area contributed by atoms with E-state index < -0.39 is 18.6 Å². The van der Waals surface area contributed by atoms with Gasteiger partial charge in [-0.05, 0) is 31.9 Å². The fourth-order valence-corrected chi connectivity index (χ4v) is 3.30.